The number of nitrogens with zero attached hydrogens (tertiary/aromatic N) is 3. The van der Waals surface area contributed by atoms with Crippen LogP contribution in [0.2, 0.25) is 5.02 Å². The Hall–Kier alpha value is -4.42. The summed E-state index contributed by atoms with van der Waals surface area (Å²) in [6, 6.07) is 24.9. The molecule has 208 valence electrons. The molecule has 6 nitrogen and oxygen atoms in total. The summed E-state index contributed by atoms with van der Waals surface area (Å²) in [5, 5.41) is 5.57. The van der Waals surface area contributed by atoms with Crippen molar-refractivity contribution in [3.63, 3.8) is 0 Å². The average Bonchev–Trinajstić information content (AvgIpc) is 2.96. The van der Waals surface area contributed by atoms with Crippen LogP contribution in [0.15, 0.2) is 88.8 Å². The molecule has 0 saturated heterocycles. The summed E-state index contributed by atoms with van der Waals surface area (Å²) >= 11 is 6.56. The van der Waals surface area contributed by atoms with Crippen molar-refractivity contribution in [2.45, 2.75) is 40.2 Å². The summed E-state index contributed by atoms with van der Waals surface area (Å²) < 4.78 is 12.9. The fraction of sp³-hybridized carbons (Fsp3) is 0.206. The molecule has 0 unspecified atom stereocenters. The highest BCUT2D eigenvalue weighted by Crippen LogP contribution is 2.34. The molecule has 0 bridgehead atoms. The molecule has 1 heterocycles. The quantitative estimate of drug-likeness (QED) is 0.179. The van der Waals surface area contributed by atoms with Crippen LogP contribution < -0.4 is 15.0 Å². The van der Waals surface area contributed by atoms with E-state index in [4.69, 9.17) is 26.1 Å². The first-order valence-corrected chi connectivity index (χ1v) is 13.9. The zero-order chi connectivity index (χ0) is 29.1. The molecule has 5 aromatic rings. The van der Waals surface area contributed by atoms with Gasteiger partial charge in [-0.05, 0) is 84.5 Å². The summed E-state index contributed by atoms with van der Waals surface area (Å²) in [6.45, 7) is 8.65. The number of benzene rings is 4. The zero-order valence-electron chi connectivity index (χ0n) is 23.8. The van der Waals surface area contributed by atoms with Gasteiger partial charge in [-0.25, -0.2) is 4.98 Å². The van der Waals surface area contributed by atoms with Crippen molar-refractivity contribution in [3.8, 4) is 22.9 Å². The lowest BCUT2D eigenvalue weighted by Gasteiger charge is -2.17. The zero-order valence-corrected chi connectivity index (χ0v) is 24.6. The maximum Gasteiger partial charge on any atom is 0.282 e. The smallest absolute Gasteiger partial charge is 0.282 e. The topological polar surface area (TPSA) is 65.7 Å². The van der Waals surface area contributed by atoms with Gasteiger partial charge in [0.15, 0.2) is 5.82 Å². The first kappa shape index (κ1) is 28.1. The van der Waals surface area contributed by atoms with Crippen LogP contribution in [0, 0.1) is 13.8 Å². The molecule has 0 amide bonds. The number of hydrogen-bond acceptors (Lipinski definition) is 5. The van der Waals surface area contributed by atoms with E-state index >= 15 is 0 Å². The Morgan fingerprint density at radius 2 is 1.78 bits per heavy atom. The van der Waals surface area contributed by atoms with Crippen molar-refractivity contribution >= 4 is 28.7 Å². The van der Waals surface area contributed by atoms with Gasteiger partial charge in [-0.15, -0.1) is 0 Å². The second-order valence-electron chi connectivity index (χ2n) is 10.3. The number of ether oxygens (including phenoxy) is 2. The molecule has 0 aliphatic rings. The van der Waals surface area contributed by atoms with Gasteiger partial charge in [0.05, 0.1) is 29.2 Å². The monoisotopic (exact) mass is 565 g/mol. The van der Waals surface area contributed by atoms with Crippen molar-refractivity contribution in [2.24, 2.45) is 5.10 Å². The number of rotatable bonds is 8. The highest BCUT2D eigenvalue weighted by molar-refractivity contribution is 6.32. The van der Waals surface area contributed by atoms with Gasteiger partial charge in [0.25, 0.3) is 5.56 Å². The Morgan fingerprint density at radius 3 is 2.51 bits per heavy atom. The van der Waals surface area contributed by atoms with Crippen LogP contribution in [0.3, 0.4) is 0 Å². The molecule has 7 heteroatoms. The molecule has 0 radical (unpaired) electrons. The molecule has 5 rings (SSSR count). The van der Waals surface area contributed by atoms with Crippen molar-refractivity contribution in [1.29, 1.82) is 0 Å². The third-order valence-corrected chi connectivity index (χ3v) is 7.24. The standard InChI is InChI=1S/C34H32ClN3O3/c1-21(2)27-18-28(23(4)16-32(27)40-5)33-37-30-12-7-6-11-26(30)34(39)38(33)36-19-24-13-14-31(29(35)17-24)41-20-25-10-8-9-22(3)15-25/h6-19,21H,20H2,1-5H3. The van der Waals surface area contributed by atoms with Crippen LogP contribution in [0.1, 0.15) is 47.6 Å². The van der Waals surface area contributed by atoms with E-state index in [1.807, 2.05) is 74.5 Å². The van der Waals surface area contributed by atoms with Gasteiger partial charge in [0, 0.05) is 5.56 Å². The number of hydrogen-bond donors (Lipinski definition) is 0. The van der Waals surface area contributed by atoms with Gasteiger partial charge in [-0.2, -0.15) is 9.78 Å². The van der Waals surface area contributed by atoms with Gasteiger partial charge in [-0.1, -0.05) is 67.4 Å². The summed E-state index contributed by atoms with van der Waals surface area (Å²) in [5.41, 5.74) is 6.08. The maximum absolute atomic E-state index is 13.7. The van der Waals surface area contributed by atoms with Crippen LogP contribution in [0.25, 0.3) is 22.3 Å². The number of aromatic nitrogens is 2. The SMILES string of the molecule is COc1cc(C)c(-c2nc3ccccc3c(=O)n2N=Cc2ccc(OCc3cccc(C)c3)c(Cl)c2)cc1C(C)C. The number of aryl methyl sites for hydroxylation is 2. The lowest BCUT2D eigenvalue weighted by molar-refractivity contribution is 0.306. The molecular formula is C34H32ClN3O3. The number of methoxy groups -OCH3 is 1. The first-order chi connectivity index (χ1) is 19.7. The third-order valence-electron chi connectivity index (χ3n) is 6.95. The molecule has 0 atom stereocenters. The first-order valence-electron chi connectivity index (χ1n) is 13.5. The molecule has 1 aromatic heterocycles. The Bertz CT molecular complexity index is 1830. The molecule has 0 saturated carbocycles. The Morgan fingerprint density at radius 1 is 0.976 bits per heavy atom. The van der Waals surface area contributed by atoms with Crippen molar-refractivity contribution < 1.29 is 9.47 Å². The van der Waals surface area contributed by atoms with Gasteiger partial charge in [0.2, 0.25) is 0 Å². The average molecular weight is 566 g/mol. The van der Waals surface area contributed by atoms with Crippen molar-refractivity contribution in [3.05, 3.63) is 122 Å². The lowest BCUT2D eigenvalue weighted by Crippen LogP contribution is -2.20. The van der Waals surface area contributed by atoms with Crippen LogP contribution in [0.5, 0.6) is 11.5 Å². The lowest BCUT2D eigenvalue weighted by atomic mass is 9.96. The van der Waals surface area contributed by atoms with Gasteiger partial charge < -0.3 is 9.47 Å². The van der Waals surface area contributed by atoms with Crippen LogP contribution >= 0.6 is 11.6 Å². The molecule has 0 fully saturated rings. The summed E-state index contributed by atoms with van der Waals surface area (Å²) in [7, 11) is 1.67. The van der Waals surface area contributed by atoms with E-state index in [0.29, 0.717) is 34.1 Å². The largest absolute Gasteiger partial charge is 0.496 e. The van der Waals surface area contributed by atoms with Crippen molar-refractivity contribution in [1.82, 2.24) is 9.66 Å². The van der Waals surface area contributed by atoms with E-state index in [9.17, 15) is 4.79 Å². The second kappa shape index (κ2) is 12.0. The second-order valence-corrected chi connectivity index (χ2v) is 10.8. The van der Waals surface area contributed by atoms with E-state index in [0.717, 1.165) is 33.6 Å². The normalized spacial score (nSPS) is 11.5. The molecule has 0 aliphatic carbocycles. The minimum absolute atomic E-state index is 0.210. The number of para-hydroxylation sites is 1. The number of halogens is 1. The number of fused-ring (bicyclic) bond motifs is 1. The summed E-state index contributed by atoms with van der Waals surface area (Å²) in [4.78, 5) is 18.6. The van der Waals surface area contributed by atoms with Crippen molar-refractivity contribution in [2.75, 3.05) is 7.11 Å². The minimum Gasteiger partial charge on any atom is -0.496 e. The van der Waals surface area contributed by atoms with Crippen LogP contribution in [-0.4, -0.2) is 23.0 Å². The predicted octanol–water partition coefficient (Wildman–Crippen LogP) is 7.93. The van der Waals surface area contributed by atoms with E-state index in [2.05, 4.69) is 25.0 Å². The summed E-state index contributed by atoms with van der Waals surface area (Å²) in [5.74, 6) is 2.04. The molecule has 0 aliphatic heterocycles. The Labute approximate surface area is 244 Å². The van der Waals surface area contributed by atoms with E-state index in [-0.39, 0.29) is 11.5 Å². The third kappa shape index (κ3) is 6.03. The van der Waals surface area contributed by atoms with Gasteiger partial charge in [-0.3, -0.25) is 4.79 Å². The van der Waals surface area contributed by atoms with Gasteiger partial charge in [0.1, 0.15) is 18.1 Å². The van der Waals surface area contributed by atoms with Crippen LogP contribution in [0.4, 0.5) is 0 Å². The Kier molecular flexibility index (Phi) is 8.22. The fourth-order valence-corrected chi connectivity index (χ4v) is 5.02. The highest BCUT2D eigenvalue weighted by atomic mass is 35.5. The minimum atomic E-state index is -0.257. The Balaban J connectivity index is 1.54. The van der Waals surface area contributed by atoms with E-state index < -0.39 is 0 Å². The summed E-state index contributed by atoms with van der Waals surface area (Å²) in [6.07, 6.45) is 1.61. The predicted molar refractivity (Wildman–Crippen MR) is 167 cm³/mol. The van der Waals surface area contributed by atoms with E-state index in [1.54, 1.807) is 25.5 Å². The van der Waals surface area contributed by atoms with Gasteiger partial charge >= 0.3 is 0 Å². The molecule has 0 N–H and O–H groups in total. The molecule has 0 spiro atoms. The molecular weight excluding hydrogens is 534 g/mol. The van der Waals surface area contributed by atoms with E-state index in [1.165, 1.54) is 10.2 Å². The fourth-order valence-electron chi connectivity index (χ4n) is 4.77. The molecule has 4 aromatic carbocycles. The maximum atomic E-state index is 13.7. The van der Waals surface area contributed by atoms with Crippen LogP contribution in [-0.2, 0) is 6.61 Å². The molecule has 41 heavy (non-hydrogen) atoms. The highest BCUT2D eigenvalue weighted by Gasteiger charge is 2.18.